The molecule has 3 fully saturated rings. The number of amides is 3. The maximum atomic E-state index is 13.3. The molecule has 0 spiro atoms. The minimum Gasteiger partial charge on any atom is -0.351 e. The average molecular weight is 341 g/mol. The van der Waals surface area contributed by atoms with E-state index in [0.717, 1.165) is 19.3 Å². The molecule has 1 aliphatic heterocycles. The number of fused-ring (bicyclic) bond motifs is 2. The van der Waals surface area contributed by atoms with E-state index in [1.54, 1.807) is 4.90 Å². The predicted molar refractivity (Wildman–Crippen MR) is 95.7 cm³/mol. The van der Waals surface area contributed by atoms with Crippen molar-refractivity contribution in [2.75, 3.05) is 13.1 Å². The van der Waals surface area contributed by atoms with Crippen LogP contribution in [-0.2, 0) is 11.2 Å². The first-order valence-electron chi connectivity index (χ1n) is 9.46. The fourth-order valence-electron chi connectivity index (χ4n) is 5.39. The third-order valence-electron chi connectivity index (χ3n) is 6.63. The molecule has 2 bridgehead atoms. The normalized spacial score (nSPS) is 33.6. The average Bonchev–Trinajstić information content (AvgIpc) is 3.31. The van der Waals surface area contributed by atoms with Gasteiger partial charge >= 0.3 is 6.03 Å². The van der Waals surface area contributed by atoms with Crippen LogP contribution < -0.4 is 11.1 Å². The van der Waals surface area contributed by atoms with Gasteiger partial charge in [0.15, 0.2) is 0 Å². The van der Waals surface area contributed by atoms with Crippen LogP contribution in [0.5, 0.6) is 0 Å². The van der Waals surface area contributed by atoms with Crippen molar-refractivity contribution >= 4 is 11.9 Å². The van der Waals surface area contributed by atoms with E-state index >= 15 is 0 Å². The van der Waals surface area contributed by atoms with Gasteiger partial charge in [0.1, 0.15) is 0 Å². The van der Waals surface area contributed by atoms with Crippen molar-refractivity contribution in [1.29, 1.82) is 0 Å². The van der Waals surface area contributed by atoms with Gasteiger partial charge in [-0.05, 0) is 49.5 Å². The van der Waals surface area contributed by atoms with Crippen molar-refractivity contribution in [2.45, 2.75) is 44.6 Å². The maximum absolute atomic E-state index is 13.3. The van der Waals surface area contributed by atoms with Crippen LogP contribution in [0.15, 0.2) is 30.3 Å². The van der Waals surface area contributed by atoms with Crippen molar-refractivity contribution in [3.63, 3.8) is 0 Å². The van der Waals surface area contributed by atoms with Crippen LogP contribution in [0.4, 0.5) is 4.79 Å². The second-order valence-corrected chi connectivity index (χ2v) is 8.14. The number of nitrogens with one attached hydrogen (secondary N) is 1. The molecule has 5 heteroatoms. The Morgan fingerprint density at radius 1 is 1.20 bits per heavy atom. The van der Waals surface area contributed by atoms with Crippen molar-refractivity contribution < 1.29 is 9.59 Å². The van der Waals surface area contributed by atoms with E-state index in [9.17, 15) is 9.59 Å². The fourth-order valence-corrected chi connectivity index (χ4v) is 5.39. The second kappa shape index (κ2) is 6.36. The van der Waals surface area contributed by atoms with E-state index in [-0.39, 0.29) is 17.4 Å². The fraction of sp³-hybridized carbons (Fsp3) is 0.600. The van der Waals surface area contributed by atoms with E-state index in [1.165, 1.54) is 24.8 Å². The molecule has 2 aliphatic carbocycles. The van der Waals surface area contributed by atoms with Crippen molar-refractivity contribution in [2.24, 2.45) is 23.0 Å². The molecule has 3 amide bonds. The number of urea groups is 1. The van der Waals surface area contributed by atoms with Gasteiger partial charge in [0, 0.05) is 19.1 Å². The van der Waals surface area contributed by atoms with Crippen molar-refractivity contribution in [1.82, 2.24) is 10.2 Å². The zero-order chi connectivity index (χ0) is 17.4. The Kier molecular flexibility index (Phi) is 4.18. The summed E-state index contributed by atoms with van der Waals surface area (Å²) in [6.07, 6.45) is 6.26. The first-order valence-corrected chi connectivity index (χ1v) is 9.46. The van der Waals surface area contributed by atoms with Gasteiger partial charge in [0.05, 0.1) is 5.41 Å². The number of rotatable bonds is 4. The van der Waals surface area contributed by atoms with Gasteiger partial charge in [-0.1, -0.05) is 36.8 Å². The lowest BCUT2D eigenvalue weighted by molar-refractivity contribution is -0.134. The minimum absolute atomic E-state index is 0.0341. The smallest absolute Gasteiger partial charge is 0.314 e. The van der Waals surface area contributed by atoms with Gasteiger partial charge in [-0.2, -0.15) is 0 Å². The molecule has 2 saturated carbocycles. The highest BCUT2D eigenvalue weighted by Crippen LogP contribution is 2.57. The van der Waals surface area contributed by atoms with E-state index in [2.05, 4.69) is 29.6 Å². The van der Waals surface area contributed by atoms with Crippen LogP contribution >= 0.6 is 0 Å². The Morgan fingerprint density at radius 2 is 2.00 bits per heavy atom. The highest BCUT2D eigenvalue weighted by molar-refractivity contribution is 5.84. The zero-order valence-electron chi connectivity index (χ0n) is 14.6. The van der Waals surface area contributed by atoms with Crippen molar-refractivity contribution in [3.8, 4) is 0 Å². The summed E-state index contributed by atoms with van der Waals surface area (Å²) in [6, 6.07) is 10.0. The van der Waals surface area contributed by atoms with Gasteiger partial charge in [-0.3, -0.25) is 4.79 Å². The van der Waals surface area contributed by atoms with Crippen LogP contribution in [0.3, 0.4) is 0 Å². The van der Waals surface area contributed by atoms with Gasteiger partial charge in [0.25, 0.3) is 0 Å². The van der Waals surface area contributed by atoms with E-state index < -0.39 is 6.03 Å². The molecule has 1 heterocycles. The third kappa shape index (κ3) is 3.00. The van der Waals surface area contributed by atoms with Gasteiger partial charge < -0.3 is 16.0 Å². The lowest BCUT2D eigenvalue weighted by Crippen LogP contribution is -2.50. The molecule has 3 aliphatic rings. The number of carbonyl (C=O) groups is 2. The lowest BCUT2D eigenvalue weighted by Gasteiger charge is -2.37. The summed E-state index contributed by atoms with van der Waals surface area (Å²) >= 11 is 0. The van der Waals surface area contributed by atoms with Gasteiger partial charge in [-0.25, -0.2) is 4.79 Å². The molecule has 4 rings (SSSR count). The van der Waals surface area contributed by atoms with Gasteiger partial charge in [0.2, 0.25) is 5.91 Å². The molecule has 5 nitrogen and oxygen atoms in total. The quantitative estimate of drug-likeness (QED) is 0.882. The number of hydrogen-bond donors (Lipinski definition) is 2. The van der Waals surface area contributed by atoms with Crippen LogP contribution in [0.25, 0.3) is 0 Å². The monoisotopic (exact) mass is 341 g/mol. The van der Waals surface area contributed by atoms with Crippen molar-refractivity contribution in [3.05, 3.63) is 35.9 Å². The molecular formula is C20H27N3O2. The highest BCUT2D eigenvalue weighted by atomic mass is 16.2. The SMILES string of the molecule is NC(=O)N1CC[C@@H](NC(=O)[C@]2(Cc3ccccc3)C[C@H]3CC[C@H]2C3)C1. The molecule has 0 unspecified atom stereocenters. The zero-order valence-corrected chi connectivity index (χ0v) is 14.6. The number of benzene rings is 1. The van der Waals surface area contributed by atoms with Crippen LogP contribution in [0.1, 0.15) is 37.7 Å². The van der Waals surface area contributed by atoms with Crippen LogP contribution in [0.2, 0.25) is 0 Å². The lowest BCUT2D eigenvalue weighted by atomic mass is 9.68. The molecule has 25 heavy (non-hydrogen) atoms. The number of likely N-dealkylation sites (tertiary alicyclic amines) is 1. The first-order chi connectivity index (χ1) is 12.1. The predicted octanol–water partition coefficient (Wildman–Crippen LogP) is 2.30. The molecule has 1 saturated heterocycles. The van der Waals surface area contributed by atoms with E-state index in [0.29, 0.717) is 24.9 Å². The molecule has 0 radical (unpaired) electrons. The molecule has 1 aromatic rings. The van der Waals surface area contributed by atoms with Gasteiger partial charge in [-0.15, -0.1) is 0 Å². The van der Waals surface area contributed by atoms with Crippen LogP contribution in [-0.4, -0.2) is 36.0 Å². The second-order valence-electron chi connectivity index (χ2n) is 8.14. The standard InChI is InChI=1S/C20H27N3O2/c21-19(25)23-9-8-17(13-23)22-18(24)20(11-14-4-2-1-3-5-14)12-15-6-7-16(20)10-15/h1-5,15-17H,6-13H2,(H2,21,25)(H,22,24)/t15-,16-,17+,20+/m0/s1. The van der Waals surface area contributed by atoms with E-state index in [4.69, 9.17) is 5.73 Å². The Balaban J connectivity index is 1.51. The molecular weight excluding hydrogens is 314 g/mol. The largest absolute Gasteiger partial charge is 0.351 e. The third-order valence-corrected chi connectivity index (χ3v) is 6.63. The molecule has 4 atom stereocenters. The van der Waals surface area contributed by atoms with E-state index in [1.807, 2.05) is 6.07 Å². The summed E-state index contributed by atoms with van der Waals surface area (Å²) in [5.74, 6) is 1.39. The molecule has 3 N–H and O–H groups in total. The Labute approximate surface area is 148 Å². The Bertz CT molecular complexity index is 662. The Morgan fingerprint density at radius 3 is 2.60 bits per heavy atom. The maximum Gasteiger partial charge on any atom is 0.314 e. The number of primary amides is 1. The highest BCUT2D eigenvalue weighted by Gasteiger charge is 2.55. The van der Waals surface area contributed by atoms with Crippen LogP contribution in [0, 0.1) is 17.3 Å². The number of nitrogens with zero attached hydrogens (tertiary/aromatic N) is 1. The summed E-state index contributed by atoms with van der Waals surface area (Å²) in [5.41, 5.74) is 6.34. The minimum atomic E-state index is -0.393. The summed E-state index contributed by atoms with van der Waals surface area (Å²) in [7, 11) is 0. The molecule has 0 aromatic heterocycles. The summed E-state index contributed by atoms with van der Waals surface area (Å²) in [4.78, 5) is 26.3. The molecule has 1 aromatic carbocycles. The molecule has 134 valence electrons. The number of nitrogens with two attached hydrogens (primary N) is 1. The topological polar surface area (TPSA) is 75.4 Å². The summed E-state index contributed by atoms with van der Waals surface area (Å²) in [6.45, 7) is 1.18. The summed E-state index contributed by atoms with van der Waals surface area (Å²) in [5, 5.41) is 3.26. The first kappa shape index (κ1) is 16.4. The number of carbonyl (C=O) groups excluding carboxylic acids is 2. The number of hydrogen-bond acceptors (Lipinski definition) is 2. The Hall–Kier alpha value is -2.04. The summed E-state index contributed by atoms with van der Waals surface area (Å²) < 4.78 is 0.